The van der Waals surface area contributed by atoms with Gasteiger partial charge in [0.1, 0.15) is 11.3 Å². The Labute approximate surface area is 126 Å². The number of rotatable bonds is 3. The highest BCUT2D eigenvalue weighted by atomic mass is 16.6. The zero-order chi connectivity index (χ0) is 16.4. The van der Waals surface area contributed by atoms with Gasteiger partial charge in [0.15, 0.2) is 0 Å². The largest absolute Gasteiger partial charge is 0.469 e. The molecular formula is C15H27NO5. The molecule has 1 amide bonds. The van der Waals surface area contributed by atoms with Crippen LogP contribution in [0.2, 0.25) is 0 Å². The predicted octanol–water partition coefficient (Wildman–Crippen LogP) is 2.56. The van der Waals surface area contributed by atoms with Crippen LogP contribution in [0.5, 0.6) is 0 Å². The lowest BCUT2D eigenvalue weighted by Crippen LogP contribution is -2.51. The fraction of sp³-hybridized carbons (Fsp3) is 0.867. The SMILES string of the molecule is COC(=O)C[C@H](C)[C@@H]1COC(C)(C)N1C(=O)OC(C)(C)C. The maximum Gasteiger partial charge on any atom is 0.412 e. The molecule has 0 radical (unpaired) electrons. The number of hydrogen-bond donors (Lipinski definition) is 0. The summed E-state index contributed by atoms with van der Waals surface area (Å²) in [6.07, 6.45) is -0.188. The molecule has 0 aromatic rings. The van der Waals surface area contributed by atoms with Crippen LogP contribution in [0.3, 0.4) is 0 Å². The van der Waals surface area contributed by atoms with E-state index in [1.54, 1.807) is 4.90 Å². The van der Waals surface area contributed by atoms with Crippen LogP contribution in [0, 0.1) is 5.92 Å². The topological polar surface area (TPSA) is 65.1 Å². The van der Waals surface area contributed by atoms with E-state index < -0.39 is 17.4 Å². The summed E-state index contributed by atoms with van der Waals surface area (Å²) in [5.41, 5.74) is -1.33. The summed E-state index contributed by atoms with van der Waals surface area (Å²) in [6.45, 7) is 11.4. The molecule has 0 spiro atoms. The normalized spacial score (nSPS) is 22.8. The standard InChI is InChI=1S/C15H27NO5/c1-10(8-12(17)19-7)11-9-20-15(5,6)16(11)13(18)21-14(2,3)4/h10-11H,8-9H2,1-7H3/t10-,11-/m0/s1. The van der Waals surface area contributed by atoms with Crippen LogP contribution in [0.15, 0.2) is 0 Å². The third-order valence-electron chi connectivity index (χ3n) is 3.48. The highest BCUT2D eigenvalue weighted by Crippen LogP contribution is 2.33. The number of methoxy groups -OCH3 is 1. The average Bonchev–Trinajstić information content (AvgIpc) is 2.62. The van der Waals surface area contributed by atoms with Crippen molar-refractivity contribution < 1.29 is 23.8 Å². The molecule has 0 aromatic heterocycles. The number of carbonyl (C=O) groups excluding carboxylic acids is 2. The van der Waals surface area contributed by atoms with E-state index in [4.69, 9.17) is 14.2 Å². The first-order chi connectivity index (χ1) is 9.48. The van der Waals surface area contributed by atoms with Crippen LogP contribution >= 0.6 is 0 Å². The monoisotopic (exact) mass is 301 g/mol. The molecule has 0 bridgehead atoms. The van der Waals surface area contributed by atoms with Gasteiger partial charge < -0.3 is 14.2 Å². The minimum Gasteiger partial charge on any atom is -0.469 e. The van der Waals surface area contributed by atoms with Gasteiger partial charge in [0.25, 0.3) is 0 Å². The fourth-order valence-electron chi connectivity index (χ4n) is 2.40. The molecule has 21 heavy (non-hydrogen) atoms. The molecule has 0 unspecified atom stereocenters. The minimum absolute atomic E-state index is 0.0771. The summed E-state index contributed by atoms with van der Waals surface area (Å²) in [7, 11) is 1.36. The van der Waals surface area contributed by atoms with Gasteiger partial charge in [0, 0.05) is 0 Å². The number of esters is 1. The lowest BCUT2D eigenvalue weighted by Gasteiger charge is -2.36. The third-order valence-corrected chi connectivity index (χ3v) is 3.48. The molecule has 1 heterocycles. The zero-order valence-corrected chi connectivity index (χ0v) is 14.1. The van der Waals surface area contributed by atoms with E-state index >= 15 is 0 Å². The Morgan fingerprint density at radius 3 is 2.43 bits per heavy atom. The number of amides is 1. The molecule has 2 atom stereocenters. The van der Waals surface area contributed by atoms with Crippen molar-refractivity contribution in [3.63, 3.8) is 0 Å². The van der Waals surface area contributed by atoms with Crippen molar-refractivity contribution in [3.8, 4) is 0 Å². The van der Waals surface area contributed by atoms with Gasteiger partial charge in [-0.05, 0) is 40.5 Å². The quantitative estimate of drug-likeness (QED) is 0.750. The Balaban J connectivity index is 2.88. The highest BCUT2D eigenvalue weighted by Gasteiger charge is 2.47. The van der Waals surface area contributed by atoms with Crippen LogP contribution < -0.4 is 0 Å². The molecule has 1 aliphatic heterocycles. The molecule has 0 aliphatic carbocycles. The third kappa shape index (κ3) is 4.59. The molecule has 6 heteroatoms. The Morgan fingerprint density at radius 2 is 1.95 bits per heavy atom. The maximum atomic E-state index is 12.5. The van der Waals surface area contributed by atoms with Crippen molar-refractivity contribution in [2.45, 2.75) is 65.3 Å². The molecule has 0 saturated carbocycles. The second-order valence-electron chi connectivity index (χ2n) is 6.93. The molecule has 1 saturated heterocycles. The van der Waals surface area contributed by atoms with Crippen LogP contribution in [0.25, 0.3) is 0 Å². The number of nitrogens with zero attached hydrogens (tertiary/aromatic N) is 1. The number of carbonyl (C=O) groups is 2. The Morgan fingerprint density at radius 1 is 1.38 bits per heavy atom. The van der Waals surface area contributed by atoms with Gasteiger partial charge in [0.2, 0.25) is 0 Å². The van der Waals surface area contributed by atoms with E-state index in [9.17, 15) is 9.59 Å². The van der Waals surface area contributed by atoms with E-state index in [0.29, 0.717) is 6.61 Å². The lowest BCUT2D eigenvalue weighted by molar-refractivity contribution is -0.142. The van der Waals surface area contributed by atoms with Crippen molar-refractivity contribution >= 4 is 12.1 Å². The van der Waals surface area contributed by atoms with E-state index in [0.717, 1.165) is 0 Å². The van der Waals surface area contributed by atoms with Gasteiger partial charge in [-0.25, -0.2) is 4.79 Å². The summed E-state index contributed by atoms with van der Waals surface area (Å²) < 4.78 is 15.9. The van der Waals surface area contributed by atoms with Crippen molar-refractivity contribution in [1.29, 1.82) is 0 Å². The predicted molar refractivity (Wildman–Crippen MR) is 77.7 cm³/mol. The molecular weight excluding hydrogens is 274 g/mol. The average molecular weight is 301 g/mol. The highest BCUT2D eigenvalue weighted by molar-refractivity contribution is 5.71. The van der Waals surface area contributed by atoms with Crippen molar-refractivity contribution in [3.05, 3.63) is 0 Å². The van der Waals surface area contributed by atoms with Crippen LogP contribution in [-0.2, 0) is 19.0 Å². The minimum atomic E-state index is -0.753. The number of hydrogen-bond acceptors (Lipinski definition) is 5. The number of ether oxygens (including phenoxy) is 3. The van der Waals surface area contributed by atoms with Crippen LogP contribution in [0.4, 0.5) is 4.79 Å². The second-order valence-corrected chi connectivity index (χ2v) is 6.93. The van der Waals surface area contributed by atoms with Gasteiger partial charge in [-0.15, -0.1) is 0 Å². The van der Waals surface area contributed by atoms with Crippen molar-refractivity contribution in [2.24, 2.45) is 5.92 Å². The fourth-order valence-corrected chi connectivity index (χ4v) is 2.40. The first kappa shape index (κ1) is 17.8. The van der Waals surface area contributed by atoms with Crippen molar-refractivity contribution in [2.75, 3.05) is 13.7 Å². The Kier molecular flexibility index (Phi) is 5.25. The Bertz CT molecular complexity index is 399. The summed E-state index contributed by atoms with van der Waals surface area (Å²) in [6, 6.07) is -0.214. The van der Waals surface area contributed by atoms with E-state index in [1.165, 1.54) is 7.11 Å². The summed E-state index contributed by atoms with van der Waals surface area (Å²) in [4.78, 5) is 25.5. The van der Waals surface area contributed by atoms with Gasteiger partial charge in [-0.3, -0.25) is 9.69 Å². The molecule has 1 rings (SSSR count). The molecule has 6 nitrogen and oxygen atoms in total. The second kappa shape index (κ2) is 6.22. The Hall–Kier alpha value is -1.30. The van der Waals surface area contributed by atoms with E-state index in [-0.39, 0.29) is 24.3 Å². The first-order valence-electron chi connectivity index (χ1n) is 7.21. The molecule has 1 fully saturated rings. The van der Waals surface area contributed by atoms with Gasteiger partial charge in [-0.2, -0.15) is 0 Å². The zero-order valence-electron chi connectivity index (χ0n) is 14.1. The molecule has 1 aliphatic rings. The maximum absolute atomic E-state index is 12.5. The van der Waals surface area contributed by atoms with Crippen molar-refractivity contribution in [1.82, 2.24) is 4.90 Å². The molecule has 0 N–H and O–H groups in total. The first-order valence-corrected chi connectivity index (χ1v) is 7.21. The van der Waals surface area contributed by atoms with Gasteiger partial charge >= 0.3 is 12.1 Å². The summed E-state index contributed by atoms with van der Waals surface area (Å²) >= 11 is 0. The lowest BCUT2D eigenvalue weighted by atomic mass is 9.97. The smallest absolute Gasteiger partial charge is 0.412 e. The van der Waals surface area contributed by atoms with Crippen LogP contribution in [-0.4, -0.2) is 48.0 Å². The summed E-state index contributed by atoms with van der Waals surface area (Å²) in [5, 5.41) is 0. The van der Waals surface area contributed by atoms with Gasteiger partial charge in [0.05, 0.1) is 26.2 Å². The molecule has 0 aromatic carbocycles. The summed E-state index contributed by atoms with van der Waals surface area (Å²) in [5.74, 6) is -0.372. The van der Waals surface area contributed by atoms with Gasteiger partial charge in [-0.1, -0.05) is 6.92 Å². The molecule has 122 valence electrons. The van der Waals surface area contributed by atoms with Crippen LogP contribution in [0.1, 0.15) is 48.0 Å². The van der Waals surface area contributed by atoms with E-state index in [1.807, 2.05) is 41.5 Å². The van der Waals surface area contributed by atoms with E-state index in [2.05, 4.69) is 0 Å².